The fraction of sp³-hybridized carbons (Fsp3) is 0.444. The number of carbonyl (C=O) groups is 3. The van der Waals surface area contributed by atoms with Crippen LogP contribution in [0.1, 0.15) is 49.1 Å². The van der Waals surface area contributed by atoms with Gasteiger partial charge in [-0.15, -0.1) is 0 Å². The average molecular weight is 481 g/mol. The van der Waals surface area contributed by atoms with Gasteiger partial charge in [-0.25, -0.2) is 9.59 Å². The van der Waals surface area contributed by atoms with Crippen molar-refractivity contribution in [1.29, 1.82) is 0 Å². The van der Waals surface area contributed by atoms with Gasteiger partial charge >= 0.3 is 12.1 Å². The number of methoxy groups -OCH3 is 1. The first-order valence-corrected chi connectivity index (χ1v) is 12.1. The summed E-state index contributed by atoms with van der Waals surface area (Å²) in [5.74, 6) is -1.24. The number of nitrogens with one attached hydrogen (secondary N) is 2. The maximum Gasteiger partial charge on any atom is 0.407 e. The Labute approximate surface area is 205 Å². The van der Waals surface area contributed by atoms with Crippen molar-refractivity contribution in [2.24, 2.45) is 5.92 Å². The van der Waals surface area contributed by atoms with Gasteiger partial charge in [0.2, 0.25) is 5.91 Å². The van der Waals surface area contributed by atoms with E-state index in [1.807, 2.05) is 24.3 Å². The highest BCUT2D eigenvalue weighted by Crippen LogP contribution is 2.44. The molecule has 0 saturated heterocycles. The highest BCUT2D eigenvalue weighted by atomic mass is 16.5. The molecule has 0 aromatic heterocycles. The number of carboxylic acid groups (broad SMARTS) is 1. The fourth-order valence-electron chi connectivity index (χ4n) is 5.12. The number of rotatable bonds is 9. The lowest BCUT2D eigenvalue weighted by Gasteiger charge is -2.28. The molecule has 2 aromatic rings. The summed E-state index contributed by atoms with van der Waals surface area (Å²) in [5.41, 5.74) is 4.73. The van der Waals surface area contributed by atoms with E-state index in [0.717, 1.165) is 0 Å². The minimum atomic E-state index is -1.04. The number of benzene rings is 2. The van der Waals surface area contributed by atoms with E-state index in [1.54, 1.807) is 0 Å². The number of alkyl carbamates (subject to hydrolysis) is 1. The van der Waals surface area contributed by atoms with Crippen LogP contribution in [0, 0.1) is 5.92 Å². The molecule has 1 saturated carbocycles. The van der Waals surface area contributed by atoms with Gasteiger partial charge in [0, 0.05) is 38.0 Å². The summed E-state index contributed by atoms with van der Waals surface area (Å²) >= 11 is 0. The van der Waals surface area contributed by atoms with Crippen LogP contribution >= 0.6 is 0 Å². The van der Waals surface area contributed by atoms with Gasteiger partial charge in [-0.1, -0.05) is 48.5 Å². The smallest absolute Gasteiger partial charge is 0.407 e. The van der Waals surface area contributed by atoms with Gasteiger partial charge in [0.15, 0.2) is 6.10 Å². The molecule has 3 N–H and O–H groups in total. The van der Waals surface area contributed by atoms with Crippen LogP contribution in [0.25, 0.3) is 11.1 Å². The molecule has 8 heteroatoms. The second kappa shape index (κ2) is 11.4. The molecular weight excluding hydrogens is 448 g/mol. The van der Waals surface area contributed by atoms with Crippen molar-refractivity contribution < 1.29 is 29.0 Å². The minimum absolute atomic E-state index is 0.0198. The molecule has 4 rings (SSSR count). The Morgan fingerprint density at radius 1 is 0.971 bits per heavy atom. The number of fused-ring (bicyclic) bond motifs is 3. The minimum Gasteiger partial charge on any atom is -0.479 e. The van der Waals surface area contributed by atoms with Gasteiger partial charge in [-0.2, -0.15) is 0 Å². The summed E-state index contributed by atoms with van der Waals surface area (Å²) in [4.78, 5) is 35.9. The van der Waals surface area contributed by atoms with Crippen LogP contribution in [0.5, 0.6) is 0 Å². The number of aliphatic carboxylic acids is 1. The van der Waals surface area contributed by atoms with E-state index in [9.17, 15) is 14.4 Å². The molecule has 2 aromatic carbocycles. The van der Waals surface area contributed by atoms with Crippen molar-refractivity contribution >= 4 is 18.0 Å². The van der Waals surface area contributed by atoms with Crippen LogP contribution in [-0.2, 0) is 19.1 Å². The molecular formula is C27H32N2O6. The molecule has 35 heavy (non-hydrogen) atoms. The third kappa shape index (κ3) is 5.82. The molecule has 1 fully saturated rings. The topological polar surface area (TPSA) is 114 Å². The average Bonchev–Trinajstić information content (AvgIpc) is 3.19. The van der Waals surface area contributed by atoms with Gasteiger partial charge in [0.1, 0.15) is 6.61 Å². The summed E-state index contributed by atoms with van der Waals surface area (Å²) in [6.07, 6.45) is 1.57. The summed E-state index contributed by atoms with van der Waals surface area (Å²) in [5, 5.41) is 14.7. The molecule has 0 bridgehead atoms. The standard InChI is InChI=1S/C27H32N2O6/c1-34-24(26(31)32)14-15-28-25(30)17-10-12-18(13-11-17)29-27(33)35-16-23-21-8-4-2-6-19(21)20-7-3-5-9-22(20)23/h2-9,17-18,23-24H,10-16H2,1H3,(H,28,30)(H,29,33)(H,31,32). The van der Waals surface area contributed by atoms with Crippen molar-refractivity contribution in [3.63, 3.8) is 0 Å². The highest BCUT2D eigenvalue weighted by Gasteiger charge is 2.30. The Kier molecular flexibility index (Phi) is 8.02. The molecule has 0 spiro atoms. The van der Waals surface area contributed by atoms with Gasteiger partial charge in [0.05, 0.1) is 0 Å². The zero-order valence-corrected chi connectivity index (χ0v) is 19.9. The lowest BCUT2D eigenvalue weighted by molar-refractivity contribution is -0.149. The lowest BCUT2D eigenvalue weighted by Crippen LogP contribution is -2.42. The zero-order chi connectivity index (χ0) is 24.8. The van der Waals surface area contributed by atoms with Crippen molar-refractivity contribution in [2.75, 3.05) is 20.3 Å². The van der Waals surface area contributed by atoms with Crippen LogP contribution in [0.4, 0.5) is 4.79 Å². The molecule has 2 aliphatic rings. The number of carbonyl (C=O) groups excluding carboxylic acids is 2. The van der Waals surface area contributed by atoms with E-state index in [2.05, 4.69) is 34.9 Å². The highest BCUT2D eigenvalue weighted by molar-refractivity contribution is 5.80. The number of amides is 2. The van der Waals surface area contributed by atoms with Crippen LogP contribution < -0.4 is 10.6 Å². The van der Waals surface area contributed by atoms with E-state index in [0.29, 0.717) is 25.7 Å². The first-order chi connectivity index (χ1) is 17.0. The van der Waals surface area contributed by atoms with E-state index in [-0.39, 0.29) is 43.4 Å². The maximum atomic E-state index is 12.5. The van der Waals surface area contributed by atoms with Gasteiger partial charge in [-0.3, -0.25) is 4.79 Å². The Hall–Kier alpha value is -3.39. The van der Waals surface area contributed by atoms with Crippen molar-refractivity contribution in [3.8, 4) is 11.1 Å². The molecule has 8 nitrogen and oxygen atoms in total. The molecule has 2 aliphatic carbocycles. The van der Waals surface area contributed by atoms with Crippen LogP contribution in [0.2, 0.25) is 0 Å². The van der Waals surface area contributed by atoms with Crippen LogP contribution in [-0.4, -0.2) is 55.5 Å². The van der Waals surface area contributed by atoms with E-state index >= 15 is 0 Å². The molecule has 0 heterocycles. The van der Waals surface area contributed by atoms with Gasteiger partial charge < -0.3 is 25.2 Å². The first-order valence-electron chi connectivity index (χ1n) is 12.1. The third-order valence-corrected chi connectivity index (χ3v) is 7.03. The Balaban J connectivity index is 1.20. The Morgan fingerprint density at radius 2 is 1.57 bits per heavy atom. The van der Waals surface area contributed by atoms with Gasteiger partial charge in [-0.05, 0) is 47.9 Å². The summed E-state index contributed by atoms with van der Waals surface area (Å²) in [6.45, 7) is 0.526. The second-order valence-electron chi connectivity index (χ2n) is 9.16. The zero-order valence-electron chi connectivity index (χ0n) is 19.9. The third-order valence-electron chi connectivity index (χ3n) is 7.03. The Morgan fingerprint density at radius 3 is 2.14 bits per heavy atom. The van der Waals surface area contributed by atoms with Crippen LogP contribution in [0.3, 0.4) is 0 Å². The maximum absolute atomic E-state index is 12.5. The van der Waals surface area contributed by atoms with Crippen LogP contribution in [0.15, 0.2) is 48.5 Å². The summed E-state index contributed by atoms with van der Waals surface area (Å²) in [7, 11) is 1.34. The Bertz CT molecular complexity index is 1020. The first kappa shape index (κ1) is 24.7. The molecule has 0 aliphatic heterocycles. The predicted molar refractivity (Wildman–Crippen MR) is 130 cm³/mol. The number of hydrogen-bond acceptors (Lipinski definition) is 5. The molecule has 1 atom stereocenters. The summed E-state index contributed by atoms with van der Waals surface area (Å²) in [6, 6.07) is 16.4. The monoisotopic (exact) mass is 480 g/mol. The number of hydrogen-bond donors (Lipinski definition) is 3. The van der Waals surface area contributed by atoms with E-state index < -0.39 is 18.2 Å². The molecule has 1 unspecified atom stereocenters. The van der Waals surface area contributed by atoms with Crippen molar-refractivity contribution in [2.45, 2.75) is 50.2 Å². The number of ether oxygens (including phenoxy) is 2. The molecule has 2 amide bonds. The largest absolute Gasteiger partial charge is 0.479 e. The second-order valence-corrected chi connectivity index (χ2v) is 9.16. The lowest BCUT2D eigenvalue weighted by atomic mass is 9.85. The number of carboxylic acids is 1. The normalized spacial score (nSPS) is 19.8. The SMILES string of the molecule is COC(CCNC(=O)C1CCC(NC(=O)OCC2c3ccccc3-c3ccccc32)CC1)C(=O)O. The quantitative estimate of drug-likeness (QED) is 0.504. The molecule has 186 valence electrons. The predicted octanol–water partition coefficient (Wildman–Crippen LogP) is 3.69. The fourth-order valence-corrected chi connectivity index (χ4v) is 5.12. The van der Waals surface area contributed by atoms with Gasteiger partial charge in [0.25, 0.3) is 0 Å². The van der Waals surface area contributed by atoms with E-state index in [1.165, 1.54) is 29.4 Å². The molecule has 0 radical (unpaired) electrons. The van der Waals surface area contributed by atoms with Crippen molar-refractivity contribution in [3.05, 3.63) is 59.7 Å². The van der Waals surface area contributed by atoms with Crippen molar-refractivity contribution in [1.82, 2.24) is 10.6 Å². The summed E-state index contributed by atoms with van der Waals surface area (Å²) < 4.78 is 10.5. The van der Waals surface area contributed by atoms with E-state index in [4.69, 9.17) is 14.6 Å².